The van der Waals surface area contributed by atoms with E-state index in [0.29, 0.717) is 16.7 Å². The Kier molecular flexibility index (Phi) is 6.78. The van der Waals surface area contributed by atoms with E-state index in [1.807, 2.05) is 0 Å². The number of amidine groups is 1. The quantitative estimate of drug-likeness (QED) is 0.135. The number of nitrogens with one attached hydrogen (secondary N) is 1. The molecule has 0 saturated heterocycles. The number of nitrogens with two attached hydrogens (primary N) is 1. The lowest BCUT2D eigenvalue weighted by molar-refractivity contribution is 0.0728. The van der Waals surface area contributed by atoms with Crippen LogP contribution in [0.5, 0.6) is 11.5 Å². The average molecular weight is 464 g/mol. The van der Waals surface area contributed by atoms with Crippen LogP contribution in [0, 0.1) is 5.41 Å². The highest BCUT2D eigenvalue weighted by Gasteiger charge is 2.19. The maximum absolute atomic E-state index is 13.1. The van der Waals surface area contributed by atoms with Crippen molar-refractivity contribution in [3.63, 3.8) is 0 Å². The minimum Gasteiger partial charge on any atom is -0.423 e. The maximum Gasteiger partial charge on any atom is 0.343 e. The lowest BCUT2D eigenvalue weighted by Gasteiger charge is -2.12. The van der Waals surface area contributed by atoms with E-state index in [-0.39, 0.29) is 34.2 Å². The lowest BCUT2D eigenvalue weighted by atomic mass is 10.00. The fourth-order valence-corrected chi connectivity index (χ4v) is 3.27. The fourth-order valence-electron chi connectivity index (χ4n) is 3.27. The Hall–Kier alpha value is -5.04. The summed E-state index contributed by atoms with van der Waals surface area (Å²) < 4.78 is 10.8. The molecule has 4 rings (SSSR count). The average Bonchev–Trinajstić information content (AvgIpc) is 2.89. The van der Waals surface area contributed by atoms with Crippen LogP contribution in [-0.4, -0.2) is 23.6 Å². The van der Waals surface area contributed by atoms with Gasteiger partial charge in [-0.2, -0.15) is 0 Å². The third-order valence-corrected chi connectivity index (χ3v) is 5.08. The van der Waals surface area contributed by atoms with Gasteiger partial charge in [-0.15, -0.1) is 0 Å². The van der Waals surface area contributed by atoms with Gasteiger partial charge >= 0.3 is 11.9 Å². The second kappa shape index (κ2) is 10.3. The van der Waals surface area contributed by atoms with Crippen LogP contribution < -0.4 is 15.2 Å². The molecule has 0 fully saturated rings. The van der Waals surface area contributed by atoms with Gasteiger partial charge in [-0.05, 0) is 54.6 Å². The Bertz CT molecular complexity index is 1400. The van der Waals surface area contributed by atoms with E-state index in [1.54, 1.807) is 60.7 Å². The van der Waals surface area contributed by atoms with Crippen LogP contribution >= 0.6 is 0 Å². The Morgan fingerprint density at radius 1 is 0.600 bits per heavy atom. The zero-order valence-electron chi connectivity index (χ0n) is 18.4. The summed E-state index contributed by atoms with van der Waals surface area (Å²) >= 11 is 0. The molecule has 0 unspecified atom stereocenters. The van der Waals surface area contributed by atoms with Crippen LogP contribution in [0.15, 0.2) is 103 Å². The molecule has 172 valence electrons. The molecule has 3 N–H and O–H groups in total. The van der Waals surface area contributed by atoms with Gasteiger partial charge < -0.3 is 15.2 Å². The van der Waals surface area contributed by atoms with E-state index >= 15 is 0 Å². The number of nitrogen functional groups attached to an aromatic ring is 1. The number of ether oxygens (including phenoxy) is 2. The van der Waals surface area contributed by atoms with Crippen molar-refractivity contribution in [2.45, 2.75) is 0 Å². The van der Waals surface area contributed by atoms with Crippen molar-refractivity contribution in [1.82, 2.24) is 0 Å². The number of hydrogen-bond donors (Lipinski definition) is 2. The third-order valence-electron chi connectivity index (χ3n) is 5.08. The Morgan fingerprint density at radius 2 is 1.11 bits per heavy atom. The molecule has 7 nitrogen and oxygen atoms in total. The van der Waals surface area contributed by atoms with Gasteiger partial charge in [0.15, 0.2) is 5.78 Å². The highest BCUT2D eigenvalue weighted by atomic mass is 16.5. The van der Waals surface area contributed by atoms with E-state index in [2.05, 4.69) is 0 Å². The number of esters is 2. The number of rotatable bonds is 7. The van der Waals surface area contributed by atoms with Crippen LogP contribution in [0.3, 0.4) is 0 Å². The first-order valence-corrected chi connectivity index (χ1v) is 10.6. The summed E-state index contributed by atoms with van der Waals surface area (Å²) in [7, 11) is 0. The topological polar surface area (TPSA) is 120 Å². The predicted molar refractivity (Wildman–Crippen MR) is 130 cm³/mol. The molecule has 4 aromatic rings. The van der Waals surface area contributed by atoms with Gasteiger partial charge in [0, 0.05) is 11.1 Å². The van der Waals surface area contributed by atoms with E-state index in [1.165, 1.54) is 42.5 Å². The Labute approximate surface area is 201 Å². The molecular weight excluding hydrogens is 444 g/mol. The summed E-state index contributed by atoms with van der Waals surface area (Å²) in [4.78, 5) is 38.1. The summed E-state index contributed by atoms with van der Waals surface area (Å²) in [6.07, 6.45) is 0. The van der Waals surface area contributed by atoms with Crippen molar-refractivity contribution in [2.75, 3.05) is 0 Å². The standard InChI is InChI=1S/C28H20N2O5/c29-26(30)21-13-16-24(23(17-21)25(31)18-7-3-1-4-8-18)35-28(33)20-11-14-22(15-12-20)34-27(32)19-9-5-2-6-10-19/h1-17H,(H3,29,30). The molecule has 0 aliphatic rings. The molecule has 0 radical (unpaired) electrons. The monoisotopic (exact) mass is 464 g/mol. The smallest absolute Gasteiger partial charge is 0.343 e. The van der Waals surface area contributed by atoms with Crippen LogP contribution in [0.25, 0.3) is 0 Å². The van der Waals surface area contributed by atoms with Gasteiger partial charge in [-0.1, -0.05) is 48.5 Å². The van der Waals surface area contributed by atoms with Crippen molar-refractivity contribution in [3.05, 3.63) is 131 Å². The molecule has 35 heavy (non-hydrogen) atoms. The van der Waals surface area contributed by atoms with E-state index < -0.39 is 11.9 Å². The second-order valence-corrected chi connectivity index (χ2v) is 7.49. The van der Waals surface area contributed by atoms with Gasteiger partial charge in [-0.3, -0.25) is 10.2 Å². The molecule has 0 amide bonds. The first-order chi connectivity index (χ1) is 16.9. The van der Waals surface area contributed by atoms with Gasteiger partial charge in [-0.25, -0.2) is 9.59 Å². The van der Waals surface area contributed by atoms with Crippen LogP contribution in [0.1, 0.15) is 42.2 Å². The number of hydrogen-bond acceptors (Lipinski definition) is 6. The SMILES string of the molecule is N=C(N)c1ccc(OC(=O)c2ccc(OC(=O)c3ccccc3)cc2)c(C(=O)c2ccccc2)c1. The Balaban J connectivity index is 1.54. The summed E-state index contributed by atoms with van der Waals surface area (Å²) in [5, 5.41) is 7.67. The summed E-state index contributed by atoms with van der Waals surface area (Å²) in [6.45, 7) is 0. The maximum atomic E-state index is 13.1. The van der Waals surface area contributed by atoms with Gasteiger partial charge in [0.05, 0.1) is 16.7 Å². The van der Waals surface area contributed by atoms with Crippen molar-refractivity contribution in [2.24, 2.45) is 5.73 Å². The molecule has 7 heteroatoms. The second-order valence-electron chi connectivity index (χ2n) is 7.49. The number of carbonyl (C=O) groups excluding carboxylic acids is 3. The van der Waals surface area contributed by atoms with Crippen molar-refractivity contribution < 1.29 is 23.9 Å². The molecule has 0 aliphatic carbocycles. The van der Waals surface area contributed by atoms with Gasteiger partial charge in [0.25, 0.3) is 0 Å². The van der Waals surface area contributed by atoms with Crippen LogP contribution in [-0.2, 0) is 0 Å². The molecule has 0 atom stereocenters. The largest absolute Gasteiger partial charge is 0.423 e. The van der Waals surface area contributed by atoms with Crippen molar-refractivity contribution >= 4 is 23.6 Å². The van der Waals surface area contributed by atoms with E-state index in [0.717, 1.165) is 0 Å². The predicted octanol–water partition coefficient (Wildman–Crippen LogP) is 4.64. The first-order valence-electron chi connectivity index (χ1n) is 10.6. The number of benzene rings is 4. The minimum absolute atomic E-state index is 0.0356. The molecule has 0 aromatic heterocycles. The zero-order chi connectivity index (χ0) is 24.8. The molecule has 0 heterocycles. The summed E-state index contributed by atoms with van der Waals surface area (Å²) in [5.41, 5.74) is 7.00. The fraction of sp³-hybridized carbons (Fsp3) is 0. The molecule has 0 aliphatic heterocycles. The van der Waals surface area contributed by atoms with Gasteiger partial charge in [0.2, 0.25) is 0 Å². The van der Waals surface area contributed by atoms with Crippen molar-refractivity contribution in [3.8, 4) is 11.5 Å². The van der Waals surface area contributed by atoms with Crippen molar-refractivity contribution in [1.29, 1.82) is 5.41 Å². The lowest BCUT2D eigenvalue weighted by Crippen LogP contribution is -2.15. The summed E-state index contributed by atoms with van der Waals surface area (Å²) in [5.74, 6) is -1.51. The number of carbonyl (C=O) groups is 3. The molecular formula is C28H20N2O5. The number of ketones is 1. The molecule has 0 saturated carbocycles. The normalized spacial score (nSPS) is 10.3. The molecule has 4 aromatic carbocycles. The van der Waals surface area contributed by atoms with E-state index in [9.17, 15) is 14.4 Å². The Morgan fingerprint density at radius 3 is 1.71 bits per heavy atom. The van der Waals surface area contributed by atoms with Crippen LogP contribution in [0.2, 0.25) is 0 Å². The molecule has 0 bridgehead atoms. The van der Waals surface area contributed by atoms with E-state index in [4.69, 9.17) is 20.6 Å². The zero-order valence-corrected chi connectivity index (χ0v) is 18.4. The highest BCUT2D eigenvalue weighted by molar-refractivity contribution is 6.12. The molecule has 0 spiro atoms. The summed E-state index contributed by atoms with van der Waals surface area (Å²) in [6, 6.07) is 27.3. The third kappa shape index (κ3) is 5.48. The van der Waals surface area contributed by atoms with Gasteiger partial charge in [0.1, 0.15) is 17.3 Å². The highest BCUT2D eigenvalue weighted by Crippen LogP contribution is 2.25. The minimum atomic E-state index is -0.705. The van der Waals surface area contributed by atoms with Crippen LogP contribution in [0.4, 0.5) is 0 Å². The first kappa shape index (κ1) is 23.1.